The Kier molecular flexibility index (Phi) is 6.35. The molecule has 0 bridgehead atoms. The van der Waals surface area contributed by atoms with Crippen LogP contribution < -0.4 is 9.47 Å². The van der Waals surface area contributed by atoms with Crippen LogP contribution in [-0.4, -0.2) is 18.2 Å². The van der Waals surface area contributed by atoms with Crippen molar-refractivity contribution < 1.29 is 9.47 Å². The van der Waals surface area contributed by atoms with Gasteiger partial charge in [0.05, 0.1) is 24.5 Å². The van der Waals surface area contributed by atoms with E-state index >= 15 is 0 Å². The number of allylic oxidation sites excluding steroid dienone is 1. The molecule has 4 nitrogen and oxygen atoms in total. The van der Waals surface area contributed by atoms with Crippen molar-refractivity contribution >= 4 is 34.6 Å². The van der Waals surface area contributed by atoms with Crippen molar-refractivity contribution in [3.63, 3.8) is 0 Å². The molecule has 3 rings (SSSR count). The van der Waals surface area contributed by atoms with Gasteiger partial charge >= 0.3 is 0 Å². The molecule has 1 aromatic heterocycles. The third-order valence-corrected chi connectivity index (χ3v) is 4.98. The maximum Gasteiger partial charge on any atom is 0.162 e. The Morgan fingerprint density at radius 1 is 1.18 bits per heavy atom. The second-order valence-electron chi connectivity index (χ2n) is 6.29. The summed E-state index contributed by atoms with van der Waals surface area (Å²) < 4.78 is 11.2. The van der Waals surface area contributed by atoms with E-state index in [9.17, 15) is 5.26 Å². The molecule has 0 unspecified atom stereocenters. The van der Waals surface area contributed by atoms with Gasteiger partial charge in [0.2, 0.25) is 0 Å². The Bertz CT molecular complexity index is 1030. The molecule has 1 heterocycles. The number of nitrogens with zero attached hydrogens (tertiary/aromatic N) is 2. The maximum atomic E-state index is 9.65. The Labute approximate surface area is 173 Å². The molecular weight excluding hydrogens is 392 g/mol. The minimum Gasteiger partial charge on any atom is -0.493 e. The van der Waals surface area contributed by atoms with Crippen LogP contribution in [0.1, 0.15) is 24.4 Å². The fourth-order valence-electron chi connectivity index (χ4n) is 2.59. The zero-order chi connectivity index (χ0) is 20.1. The van der Waals surface area contributed by atoms with Gasteiger partial charge in [-0.25, -0.2) is 4.98 Å². The van der Waals surface area contributed by atoms with Crippen LogP contribution in [0.25, 0.3) is 22.9 Å². The first kappa shape index (κ1) is 19.9. The van der Waals surface area contributed by atoms with E-state index in [1.807, 2.05) is 61.7 Å². The summed E-state index contributed by atoms with van der Waals surface area (Å²) in [5.74, 6) is 1.30. The van der Waals surface area contributed by atoms with Crippen LogP contribution in [-0.2, 0) is 0 Å². The average Bonchev–Trinajstić information content (AvgIpc) is 3.16. The van der Waals surface area contributed by atoms with Gasteiger partial charge < -0.3 is 9.47 Å². The van der Waals surface area contributed by atoms with Crippen molar-refractivity contribution in [2.45, 2.75) is 20.0 Å². The van der Waals surface area contributed by atoms with E-state index < -0.39 is 0 Å². The van der Waals surface area contributed by atoms with Crippen LogP contribution in [0.5, 0.6) is 11.5 Å². The molecule has 0 saturated carbocycles. The summed E-state index contributed by atoms with van der Waals surface area (Å²) in [5.41, 5.74) is 3.11. The molecular formula is C22H19ClN2O2S. The summed E-state index contributed by atoms with van der Waals surface area (Å²) in [6.07, 6.45) is 1.82. The minimum atomic E-state index is 0.0180. The number of ether oxygens (including phenoxy) is 2. The van der Waals surface area contributed by atoms with E-state index in [-0.39, 0.29) is 6.10 Å². The first-order valence-electron chi connectivity index (χ1n) is 8.68. The van der Waals surface area contributed by atoms with Crippen LogP contribution in [0, 0.1) is 11.3 Å². The molecule has 0 aliphatic heterocycles. The number of hydrogen-bond donors (Lipinski definition) is 0. The molecule has 2 aromatic carbocycles. The quantitative estimate of drug-likeness (QED) is 0.446. The zero-order valence-electron chi connectivity index (χ0n) is 15.8. The van der Waals surface area contributed by atoms with Gasteiger partial charge in [-0.3, -0.25) is 0 Å². The summed E-state index contributed by atoms with van der Waals surface area (Å²) in [7, 11) is 1.60. The molecule has 6 heteroatoms. The number of aromatic nitrogens is 1. The van der Waals surface area contributed by atoms with Gasteiger partial charge in [0.1, 0.15) is 11.1 Å². The zero-order valence-corrected chi connectivity index (χ0v) is 17.3. The topological polar surface area (TPSA) is 55.1 Å². The lowest BCUT2D eigenvalue weighted by atomic mass is 10.1. The van der Waals surface area contributed by atoms with Crippen LogP contribution in [0.4, 0.5) is 0 Å². The van der Waals surface area contributed by atoms with Crippen LogP contribution in [0.2, 0.25) is 5.02 Å². The number of methoxy groups -OCH3 is 1. The van der Waals surface area contributed by atoms with Gasteiger partial charge in [0.25, 0.3) is 0 Å². The number of rotatable bonds is 6. The SMILES string of the molecule is COc1ccc(/C=C(\C#N)c2nc(-c3ccc(Cl)cc3)cs2)cc1OC(C)C. The van der Waals surface area contributed by atoms with Crippen LogP contribution in [0.3, 0.4) is 0 Å². The first-order valence-corrected chi connectivity index (χ1v) is 9.94. The van der Waals surface area contributed by atoms with Gasteiger partial charge in [-0.1, -0.05) is 29.8 Å². The van der Waals surface area contributed by atoms with Gasteiger partial charge in [-0.15, -0.1) is 11.3 Å². The number of benzene rings is 2. The molecule has 0 atom stereocenters. The van der Waals surface area contributed by atoms with Crippen molar-refractivity contribution in [3.8, 4) is 28.8 Å². The van der Waals surface area contributed by atoms with E-state index in [4.69, 9.17) is 21.1 Å². The summed E-state index contributed by atoms with van der Waals surface area (Å²) >= 11 is 7.38. The summed E-state index contributed by atoms with van der Waals surface area (Å²) in [6, 6.07) is 15.3. The molecule has 0 aliphatic rings. The highest BCUT2D eigenvalue weighted by Crippen LogP contribution is 2.32. The Hall–Kier alpha value is -2.81. The highest BCUT2D eigenvalue weighted by atomic mass is 35.5. The fourth-order valence-corrected chi connectivity index (χ4v) is 3.51. The van der Waals surface area contributed by atoms with Crippen molar-refractivity contribution in [1.29, 1.82) is 5.26 Å². The predicted molar refractivity (Wildman–Crippen MR) is 115 cm³/mol. The smallest absolute Gasteiger partial charge is 0.162 e. The van der Waals surface area contributed by atoms with Gasteiger partial charge in [-0.2, -0.15) is 5.26 Å². The molecule has 142 valence electrons. The molecule has 28 heavy (non-hydrogen) atoms. The highest BCUT2D eigenvalue weighted by molar-refractivity contribution is 7.11. The van der Waals surface area contributed by atoms with E-state index in [0.29, 0.717) is 27.1 Å². The molecule has 0 saturated heterocycles. The lowest BCUT2D eigenvalue weighted by Gasteiger charge is -2.14. The van der Waals surface area contributed by atoms with Gasteiger partial charge in [0, 0.05) is 16.0 Å². The third-order valence-electron chi connectivity index (χ3n) is 3.86. The van der Waals surface area contributed by atoms with Crippen molar-refractivity contribution in [2.24, 2.45) is 0 Å². The number of nitriles is 1. The third kappa shape index (κ3) is 4.72. The molecule has 0 aliphatic carbocycles. The van der Waals surface area contributed by atoms with Crippen molar-refractivity contribution in [2.75, 3.05) is 7.11 Å². The highest BCUT2D eigenvalue weighted by Gasteiger charge is 2.11. The van der Waals surface area contributed by atoms with Crippen molar-refractivity contribution in [3.05, 3.63) is 63.4 Å². The lowest BCUT2D eigenvalue weighted by molar-refractivity contribution is 0.230. The molecule has 3 aromatic rings. The summed E-state index contributed by atoms with van der Waals surface area (Å²) in [5, 5.41) is 12.9. The minimum absolute atomic E-state index is 0.0180. The fraction of sp³-hybridized carbons (Fsp3) is 0.182. The Morgan fingerprint density at radius 3 is 2.57 bits per heavy atom. The monoisotopic (exact) mass is 410 g/mol. The molecule has 0 N–H and O–H groups in total. The molecule has 0 radical (unpaired) electrons. The Morgan fingerprint density at radius 2 is 1.93 bits per heavy atom. The van der Waals surface area contributed by atoms with E-state index in [2.05, 4.69) is 11.1 Å². The first-order chi connectivity index (χ1) is 13.5. The predicted octanol–water partition coefficient (Wildman–Crippen LogP) is 6.32. The van der Waals surface area contributed by atoms with Crippen LogP contribution >= 0.6 is 22.9 Å². The van der Waals surface area contributed by atoms with Gasteiger partial charge in [-0.05, 0) is 49.8 Å². The second-order valence-corrected chi connectivity index (χ2v) is 7.59. The number of halogens is 1. The molecule has 0 amide bonds. The number of thiazole rings is 1. The van der Waals surface area contributed by atoms with Gasteiger partial charge in [0.15, 0.2) is 11.5 Å². The van der Waals surface area contributed by atoms with Crippen molar-refractivity contribution in [1.82, 2.24) is 4.98 Å². The normalized spacial score (nSPS) is 11.4. The second kappa shape index (κ2) is 8.92. The van der Waals surface area contributed by atoms with E-state index in [0.717, 1.165) is 16.8 Å². The standard InChI is InChI=1S/C22H19ClN2O2S/c1-14(2)27-21-11-15(4-9-20(21)26-3)10-17(12-24)22-25-19(13-28-22)16-5-7-18(23)8-6-16/h4-11,13-14H,1-3H3/b17-10+. The lowest BCUT2D eigenvalue weighted by Crippen LogP contribution is -2.06. The van der Waals surface area contributed by atoms with E-state index in [1.165, 1.54) is 11.3 Å². The summed E-state index contributed by atoms with van der Waals surface area (Å²) in [4.78, 5) is 4.61. The molecule has 0 spiro atoms. The average molecular weight is 411 g/mol. The Balaban J connectivity index is 1.92. The maximum absolute atomic E-state index is 9.65. The summed E-state index contributed by atoms with van der Waals surface area (Å²) in [6.45, 7) is 3.91. The molecule has 0 fully saturated rings. The number of hydrogen-bond acceptors (Lipinski definition) is 5. The largest absolute Gasteiger partial charge is 0.493 e. The van der Waals surface area contributed by atoms with E-state index in [1.54, 1.807) is 13.2 Å². The van der Waals surface area contributed by atoms with Crippen LogP contribution in [0.15, 0.2) is 47.8 Å².